The van der Waals surface area contributed by atoms with Gasteiger partial charge in [0.1, 0.15) is 5.00 Å². The Morgan fingerprint density at radius 2 is 2.04 bits per heavy atom. The van der Waals surface area contributed by atoms with Crippen molar-refractivity contribution in [1.82, 2.24) is 0 Å². The maximum absolute atomic E-state index is 12.3. The van der Waals surface area contributed by atoms with Gasteiger partial charge >= 0.3 is 5.97 Å². The summed E-state index contributed by atoms with van der Waals surface area (Å²) in [6.45, 7) is 8.87. The van der Waals surface area contributed by atoms with Gasteiger partial charge in [-0.2, -0.15) is 0 Å². The summed E-state index contributed by atoms with van der Waals surface area (Å²) in [7, 11) is 1.40. The van der Waals surface area contributed by atoms with E-state index < -0.39 is 0 Å². The molecule has 134 valence electrons. The first-order valence-electron chi connectivity index (χ1n) is 8.80. The van der Waals surface area contributed by atoms with Gasteiger partial charge in [-0.25, -0.2) is 4.79 Å². The number of rotatable bonds is 5. The summed E-state index contributed by atoms with van der Waals surface area (Å²) in [6, 6.07) is 0. The van der Waals surface area contributed by atoms with Crippen molar-refractivity contribution in [2.24, 2.45) is 11.3 Å². The summed E-state index contributed by atoms with van der Waals surface area (Å²) in [5.41, 5.74) is 1.91. The molecule has 1 aromatic rings. The van der Waals surface area contributed by atoms with Crippen LogP contribution in [0.5, 0.6) is 0 Å². The fourth-order valence-electron chi connectivity index (χ4n) is 3.26. The molecule has 0 fully saturated rings. The summed E-state index contributed by atoms with van der Waals surface area (Å²) in [5, 5.41) is 3.62. The van der Waals surface area contributed by atoms with E-state index >= 15 is 0 Å². The molecule has 1 amide bonds. The van der Waals surface area contributed by atoms with Crippen LogP contribution in [0.2, 0.25) is 0 Å². The van der Waals surface area contributed by atoms with E-state index in [9.17, 15) is 9.59 Å². The Balaban J connectivity index is 2.30. The van der Waals surface area contributed by atoms with E-state index in [2.05, 4.69) is 33.0 Å². The average molecular weight is 352 g/mol. The van der Waals surface area contributed by atoms with Crippen LogP contribution in [0.25, 0.3) is 0 Å². The van der Waals surface area contributed by atoms with Crippen LogP contribution in [0.15, 0.2) is 0 Å². The second-order valence-electron chi connectivity index (χ2n) is 7.66. The average Bonchev–Trinajstić information content (AvgIpc) is 2.88. The van der Waals surface area contributed by atoms with Crippen molar-refractivity contribution in [3.8, 4) is 0 Å². The molecule has 1 aliphatic rings. The van der Waals surface area contributed by atoms with Gasteiger partial charge in [-0.05, 0) is 42.6 Å². The standard InChI is InChI=1S/C19H29NO3S/c1-6-7-8-15(21)20-17-16(18(22)23-5)13-10-9-12(19(2,3)4)11-14(13)24-17/h12H,6-11H2,1-5H3,(H,20,21). The second kappa shape index (κ2) is 7.68. The highest BCUT2D eigenvalue weighted by Crippen LogP contribution is 2.44. The van der Waals surface area contributed by atoms with Crippen LogP contribution >= 0.6 is 11.3 Å². The number of unbranched alkanes of at least 4 members (excludes halogenated alkanes) is 1. The molecule has 0 radical (unpaired) electrons. The Morgan fingerprint density at radius 1 is 1.33 bits per heavy atom. The number of thiophene rings is 1. The van der Waals surface area contributed by atoms with Crippen molar-refractivity contribution in [3.63, 3.8) is 0 Å². The van der Waals surface area contributed by atoms with E-state index in [1.165, 1.54) is 12.0 Å². The summed E-state index contributed by atoms with van der Waals surface area (Å²) in [6.07, 6.45) is 5.24. The normalized spacial score (nSPS) is 17.3. The molecule has 0 saturated heterocycles. The van der Waals surface area contributed by atoms with Crippen molar-refractivity contribution in [1.29, 1.82) is 0 Å². The molecule has 2 rings (SSSR count). The van der Waals surface area contributed by atoms with E-state index in [0.717, 1.165) is 37.7 Å². The van der Waals surface area contributed by atoms with Crippen LogP contribution in [0, 0.1) is 11.3 Å². The number of amides is 1. The lowest BCUT2D eigenvalue weighted by atomic mass is 9.72. The fraction of sp³-hybridized carbons (Fsp3) is 0.684. The monoisotopic (exact) mass is 351 g/mol. The van der Waals surface area contributed by atoms with Gasteiger partial charge in [0.15, 0.2) is 0 Å². The number of anilines is 1. The van der Waals surface area contributed by atoms with Gasteiger partial charge in [0.05, 0.1) is 12.7 Å². The third-order valence-electron chi connectivity index (χ3n) is 4.89. The SMILES string of the molecule is CCCCC(=O)Nc1sc2c(c1C(=O)OC)CCC(C(C)(C)C)C2. The fourth-order valence-corrected chi connectivity index (χ4v) is 4.59. The number of esters is 1. The number of methoxy groups -OCH3 is 1. The molecular formula is C19H29NO3S. The summed E-state index contributed by atoms with van der Waals surface area (Å²) in [4.78, 5) is 25.6. The molecule has 1 N–H and O–H groups in total. The molecule has 5 heteroatoms. The zero-order chi connectivity index (χ0) is 17.9. The van der Waals surface area contributed by atoms with Crippen LogP contribution in [-0.4, -0.2) is 19.0 Å². The number of carbonyl (C=O) groups is 2. The Labute approximate surface area is 149 Å². The van der Waals surface area contributed by atoms with Crippen molar-refractivity contribution >= 4 is 28.2 Å². The molecule has 4 nitrogen and oxygen atoms in total. The van der Waals surface area contributed by atoms with E-state index in [1.54, 1.807) is 11.3 Å². The molecule has 1 aliphatic carbocycles. The number of hydrogen-bond donors (Lipinski definition) is 1. The topological polar surface area (TPSA) is 55.4 Å². The predicted molar refractivity (Wildman–Crippen MR) is 98.8 cm³/mol. The lowest BCUT2D eigenvalue weighted by molar-refractivity contribution is -0.116. The highest BCUT2D eigenvalue weighted by molar-refractivity contribution is 7.17. The number of fused-ring (bicyclic) bond motifs is 1. The Hall–Kier alpha value is -1.36. The van der Waals surface area contributed by atoms with E-state index in [1.807, 2.05) is 0 Å². The smallest absolute Gasteiger partial charge is 0.341 e. The minimum Gasteiger partial charge on any atom is -0.465 e. The minimum absolute atomic E-state index is 0.0204. The first kappa shape index (κ1) is 19.0. The highest BCUT2D eigenvalue weighted by Gasteiger charge is 2.34. The molecule has 0 bridgehead atoms. The second-order valence-corrected chi connectivity index (χ2v) is 8.76. The van der Waals surface area contributed by atoms with Gasteiger partial charge < -0.3 is 10.1 Å². The third kappa shape index (κ3) is 4.18. The lowest BCUT2D eigenvalue weighted by Gasteiger charge is -2.33. The van der Waals surface area contributed by atoms with Crippen molar-refractivity contribution in [2.45, 2.75) is 66.2 Å². The summed E-state index contributed by atoms with van der Waals surface area (Å²) >= 11 is 1.55. The molecule has 1 heterocycles. The molecule has 1 atom stereocenters. The van der Waals surface area contributed by atoms with E-state index in [-0.39, 0.29) is 17.3 Å². The van der Waals surface area contributed by atoms with Crippen LogP contribution in [-0.2, 0) is 22.4 Å². The number of carbonyl (C=O) groups excluding carboxylic acids is 2. The highest BCUT2D eigenvalue weighted by atomic mass is 32.1. The molecule has 1 unspecified atom stereocenters. The zero-order valence-electron chi connectivity index (χ0n) is 15.5. The molecule has 0 spiro atoms. The quantitative estimate of drug-likeness (QED) is 0.774. The Kier molecular flexibility index (Phi) is 6.07. The van der Waals surface area contributed by atoms with Crippen LogP contribution in [0.4, 0.5) is 5.00 Å². The van der Waals surface area contributed by atoms with Gasteiger partial charge in [-0.15, -0.1) is 11.3 Å². The van der Waals surface area contributed by atoms with E-state index in [4.69, 9.17) is 4.74 Å². The van der Waals surface area contributed by atoms with Crippen LogP contribution in [0.1, 0.15) is 74.2 Å². The van der Waals surface area contributed by atoms with Gasteiger partial charge in [0, 0.05) is 11.3 Å². The minimum atomic E-state index is -0.340. The van der Waals surface area contributed by atoms with Gasteiger partial charge in [-0.3, -0.25) is 4.79 Å². The maximum Gasteiger partial charge on any atom is 0.341 e. The van der Waals surface area contributed by atoms with Gasteiger partial charge in [0.2, 0.25) is 5.91 Å². The largest absolute Gasteiger partial charge is 0.465 e. The molecule has 24 heavy (non-hydrogen) atoms. The number of hydrogen-bond acceptors (Lipinski definition) is 4. The van der Waals surface area contributed by atoms with Crippen LogP contribution in [0.3, 0.4) is 0 Å². The first-order chi connectivity index (χ1) is 11.3. The molecule has 0 saturated carbocycles. The Morgan fingerprint density at radius 3 is 2.62 bits per heavy atom. The van der Waals surface area contributed by atoms with Crippen LogP contribution < -0.4 is 5.32 Å². The number of ether oxygens (including phenoxy) is 1. The van der Waals surface area contributed by atoms with Crippen molar-refractivity contribution < 1.29 is 14.3 Å². The number of nitrogens with one attached hydrogen (secondary N) is 1. The first-order valence-corrected chi connectivity index (χ1v) is 9.62. The lowest BCUT2D eigenvalue weighted by Crippen LogP contribution is -2.26. The third-order valence-corrected chi connectivity index (χ3v) is 6.06. The van der Waals surface area contributed by atoms with Crippen molar-refractivity contribution in [3.05, 3.63) is 16.0 Å². The summed E-state index contributed by atoms with van der Waals surface area (Å²) < 4.78 is 4.97. The van der Waals surface area contributed by atoms with E-state index in [0.29, 0.717) is 22.9 Å². The molecular weight excluding hydrogens is 322 g/mol. The molecule has 1 aromatic heterocycles. The zero-order valence-corrected chi connectivity index (χ0v) is 16.3. The predicted octanol–water partition coefficient (Wildman–Crippen LogP) is 4.81. The van der Waals surface area contributed by atoms with Gasteiger partial charge in [-0.1, -0.05) is 34.1 Å². The molecule has 0 aromatic carbocycles. The van der Waals surface area contributed by atoms with Crippen molar-refractivity contribution in [2.75, 3.05) is 12.4 Å². The van der Waals surface area contributed by atoms with Gasteiger partial charge in [0.25, 0.3) is 0 Å². The summed E-state index contributed by atoms with van der Waals surface area (Å²) in [5.74, 6) is 0.235. The Bertz CT molecular complexity index is 613. The molecule has 0 aliphatic heterocycles. The maximum atomic E-state index is 12.3.